The van der Waals surface area contributed by atoms with Gasteiger partial charge in [0.2, 0.25) is 5.91 Å². The molecule has 0 fully saturated rings. The molecule has 8 nitrogen and oxygen atoms in total. The second kappa shape index (κ2) is 11.3. The van der Waals surface area contributed by atoms with Gasteiger partial charge in [-0.3, -0.25) is 14.9 Å². The number of aliphatic hydroxyl groups excluding tert-OH is 1. The Kier molecular flexibility index (Phi) is 9.41. The molecule has 0 aromatic heterocycles. The number of nitrogens with zero attached hydrogens (tertiary/aromatic N) is 1. The number of carbonyl (C=O) groups excluding carboxylic acids is 1. The lowest BCUT2D eigenvalue weighted by atomic mass is 10.0. The van der Waals surface area contributed by atoms with Crippen LogP contribution in [0.25, 0.3) is 0 Å². The van der Waals surface area contributed by atoms with Crippen molar-refractivity contribution in [3.8, 4) is 5.75 Å². The zero-order chi connectivity index (χ0) is 18.9. The highest BCUT2D eigenvalue weighted by molar-refractivity contribution is 8.93. The van der Waals surface area contributed by atoms with E-state index in [1.165, 1.54) is 24.3 Å². The van der Waals surface area contributed by atoms with E-state index < -0.39 is 17.1 Å². The third-order valence-electron chi connectivity index (χ3n) is 3.66. The second-order valence-corrected chi connectivity index (χ2v) is 5.74. The minimum Gasteiger partial charge on any atom is -0.491 e. The van der Waals surface area contributed by atoms with Crippen LogP contribution in [0.4, 0.5) is 5.69 Å². The summed E-state index contributed by atoms with van der Waals surface area (Å²) in [4.78, 5) is 22.0. The summed E-state index contributed by atoms with van der Waals surface area (Å²) in [7, 11) is 0. The van der Waals surface area contributed by atoms with Gasteiger partial charge in [-0.15, -0.1) is 17.0 Å². The van der Waals surface area contributed by atoms with Gasteiger partial charge in [0.1, 0.15) is 18.5 Å². The maximum atomic E-state index is 11.9. The van der Waals surface area contributed by atoms with E-state index in [9.17, 15) is 20.0 Å². The molecular weight excluding hydrogens is 418 g/mol. The fraction of sp³-hybridized carbons (Fsp3) is 0.278. The normalized spacial score (nSPS) is 12.4. The molecule has 0 aliphatic carbocycles. The number of ether oxygens (including phenoxy) is 1. The van der Waals surface area contributed by atoms with E-state index in [1.54, 1.807) is 0 Å². The number of nitro benzene ring substituents is 1. The molecule has 2 rings (SSSR count). The first-order chi connectivity index (χ1) is 12.5. The number of halogens is 1. The highest BCUT2D eigenvalue weighted by atomic mass is 79.9. The lowest BCUT2D eigenvalue weighted by molar-refractivity contribution is -0.384. The molecule has 27 heavy (non-hydrogen) atoms. The molecule has 0 spiro atoms. The fourth-order valence-corrected chi connectivity index (χ4v) is 2.24. The SMILES string of the molecule is Br.NC(CC(=O)NCC(O)COc1ccc([N+](=O)[O-])cc1)c1ccccc1. The average Bonchev–Trinajstić information content (AvgIpc) is 2.65. The zero-order valence-electron chi connectivity index (χ0n) is 14.5. The fourth-order valence-electron chi connectivity index (χ4n) is 2.24. The maximum Gasteiger partial charge on any atom is 0.269 e. The van der Waals surface area contributed by atoms with E-state index in [-0.39, 0.29) is 48.1 Å². The van der Waals surface area contributed by atoms with Crippen molar-refractivity contribution in [3.63, 3.8) is 0 Å². The lowest BCUT2D eigenvalue weighted by Gasteiger charge is -2.15. The van der Waals surface area contributed by atoms with Crippen LogP contribution >= 0.6 is 17.0 Å². The van der Waals surface area contributed by atoms with Gasteiger partial charge in [0, 0.05) is 31.1 Å². The van der Waals surface area contributed by atoms with Crippen LogP contribution in [0.3, 0.4) is 0 Å². The van der Waals surface area contributed by atoms with Crippen molar-refractivity contribution in [3.05, 3.63) is 70.3 Å². The zero-order valence-corrected chi connectivity index (χ0v) is 16.2. The number of rotatable bonds is 9. The van der Waals surface area contributed by atoms with Gasteiger partial charge in [0.25, 0.3) is 5.69 Å². The number of amides is 1. The highest BCUT2D eigenvalue weighted by Crippen LogP contribution is 2.17. The number of nitrogens with one attached hydrogen (secondary N) is 1. The average molecular weight is 440 g/mol. The quantitative estimate of drug-likeness (QED) is 0.405. The van der Waals surface area contributed by atoms with E-state index in [4.69, 9.17) is 10.5 Å². The van der Waals surface area contributed by atoms with Gasteiger partial charge in [0.15, 0.2) is 0 Å². The number of hydrogen-bond donors (Lipinski definition) is 3. The largest absolute Gasteiger partial charge is 0.491 e. The predicted octanol–water partition coefficient (Wildman–Crippen LogP) is 2.12. The van der Waals surface area contributed by atoms with Gasteiger partial charge in [-0.2, -0.15) is 0 Å². The van der Waals surface area contributed by atoms with Crippen molar-refractivity contribution >= 4 is 28.6 Å². The third kappa shape index (κ3) is 7.73. The number of hydrogen-bond acceptors (Lipinski definition) is 6. The van der Waals surface area contributed by atoms with Crippen molar-refractivity contribution in [1.29, 1.82) is 0 Å². The molecule has 2 unspecified atom stereocenters. The molecule has 0 heterocycles. The van der Waals surface area contributed by atoms with Crippen LogP contribution in [0, 0.1) is 10.1 Å². The number of benzene rings is 2. The van der Waals surface area contributed by atoms with E-state index in [0.717, 1.165) is 5.56 Å². The summed E-state index contributed by atoms with van der Waals surface area (Å²) in [5.41, 5.74) is 6.80. The minimum atomic E-state index is -0.915. The Morgan fingerprint density at radius 3 is 2.41 bits per heavy atom. The minimum absolute atomic E-state index is 0. The third-order valence-corrected chi connectivity index (χ3v) is 3.66. The molecule has 0 saturated carbocycles. The monoisotopic (exact) mass is 439 g/mol. The van der Waals surface area contributed by atoms with Gasteiger partial charge in [-0.1, -0.05) is 30.3 Å². The smallest absolute Gasteiger partial charge is 0.269 e. The van der Waals surface area contributed by atoms with E-state index in [0.29, 0.717) is 5.75 Å². The summed E-state index contributed by atoms with van der Waals surface area (Å²) in [5, 5.41) is 23.0. The molecule has 146 valence electrons. The standard InChI is InChI=1S/C18H21N3O5.BrH/c19-17(13-4-2-1-3-5-13)10-18(23)20-11-15(22)12-26-16-8-6-14(7-9-16)21(24)25;/h1-9,15,17,22H,10-12,19H2,(H,20,23);1H. The van der Waals surface area contributed by atoms with Crippen LogP contribution in [0.5, 0.6) is 5.75 Å². The van der Waals surface area contributed by atoms with Crippen molar-refractivity contribution in [2.75, 3.05) is 13.2 Å². The molecule has 0 aliphatic rings. The Labute approximate surface area is 167 Å². The van der Waals surface area contributed by atoms with Gasteiger partial charge in [-0.25, -0.2) is 0 Å². The predicted molar refractivity (Wildman–Crippen MR) is 106 cm³/mol. The van der Waals surface area contributed by atoms with E-state index in [2.05, 4.69) is 5.32 Å². The number of aliphatic hydroxyl groups is 1. The van der Waals surface area contributed by atoms with Gasteiger partial charge < -0.3 is 20.9 Å². The Bertz CT molecular complexity index is 728. The van der Waals surface area contributed by atoms with Crippen LogP contribution in [0.1, 0.15) is 18.0 Å². The summed E-state index contributed by atoms with van der Waals surface area (Å²) in [5.74, 6) is 0.128. The molecule has 4 N–H and O–H groups in total. The van der Waals surface area contributed by atoms with Crippen LogP contribution in [-0.2, 0) is 4.79 Å². The Hall–Kier alpha value is -2.49. The molecule has 0 aliphatic heterocycles. The summed E-state index contributed by atoms with van der Waals surface area (Å²) in [6.45, 7) is -0.0316. The van der Waals surface area contributed by atoms with E-state index >= 15 is 0 Å². The molecule has 1 amide bonds. The molecule has 2 aromatic carbocycles. The van der Waals surface area contributed by atoms with Gasteiger partial charge in [-0.05, 0) is 17.7 Å². The number of nitrogens with two attached hydrogens (primary N) is 1. The second-order valence-electron chi connectivity index (χ2n) is 5.74. The Morgan fingerprint density at radius 2 is 1.81 bits per heavy atom. The molecular formula is C18H22BrN3O5. The van der Waals surface area contributed by atoms with Crippen LogP contribution in [0.15, 0.2) is 54.6 Å². The molecule has 9 heteroatoms. The first kappa shape index (κ1) is 22.6. The molecule has 0 saturated heterocycles. The van der Waals surface area contributed by atoms with Crippen LogP contribution in [0.2, 0.25) is 0 Å². The summed E-state index contributed by atoms with van der Waals surface area (Å²) in [6, 6.07) is 14.4. The first-order valence-corrected chi connectivity index (χ1v) is 8.08. The topological polar surface area (TPSA) is 128 Å². The molecule has 0 bridgehead atoms. The Morgan fingerprint density at radius 1 is 1.19 bits per heavy atom. The van der Waals surface area contributed by atoms with Crippen molar-refractivity contribution in [1.82, 2.24) is 5.32 Å². The molecule has 0 radical (unpaired) electrons. The van der Waals surface area contributed by atoms with Gasteiger partial charge in [0.05, 0.1) is 4.92 Å². The maximum absolute atomic E-state index is 11.9. The molecule has 2 atom stereocenters. The highest BCUT2D eigenvalue weighted by Gasteiger charge is 2.13. The van der Waals surface area contributed by atoms with Crippen LogP contribution in [-0.4, -0.2) is 35.2 Å². The summed E-state index contributed by atoms with van der Waals surface area (Å²) in [6.07, 6.45) is -0.804. The van der Waals surface area contributed by atoms with Crippen molar-refractivity contribution < 1.29 is 19.6 Å². The number of nitro groups is 1. The Balaban J connectivity index is 0.00000364. The van der Waals surface area contributed by atoms with Crippen molar-refractivity contribution in [2.45, 2.75) is 18.6 Å². The van der Waals surface area contributed by atoms with Gasteiger partial charge >= 0.3 is 0 Å². The number of carbonyl (C=O) groups is 1. The first-order valence-electron chi connectivity index (χ1n) is 8.08. The number of non-ortho nitro benzene ring substituents is 1. The van der Waals surface area contributed by atoms with E-state index in [1.807, 2.05) is 30.3 Å². The molecule has 2 aromatic rings. The summed E-state index contributed by atoms with van der Waals surface area (Å²) < 4.78 is 5.34. The van der Waals surface area contributed by atoms with Crippen molar-refractivity contribution in [2.24, 2.45) is 5.73 Å². The summed E-state index contributed by atoms with van der Waals surface area (Å²) >= 11 is 0. The van der Waals surface area contributed by atoms with Crippen LogP contribution < -0.4 is 15.8 Å². The lowest BCUT2D eigenvalue weighted by Crippen LogP contribution is -2.36.